The minimum atomic E-state index is 0.229. The Balaban J connectivity index is 1.62. The average Bonchev–Trinajstić information content (AvgIpc) is 3.31. The van der Waals surface area contributed by atoms with Gasteiger partial charge in [0.15, 0.2) is 0 Å². The highest BCUT2D eigenvalue weighted by Crippen LogP contribution is 2.43. The Labute approximate surface area is 159 Å². The molecule has 4 rings (SSSR count). The van der Waals surface area contributed by atoms with Crippen molar-refractivity contribution < 1.29 is 0 Å². The molecular formula is C20H18S4. The van der Waals surface area contributed by atoms with Crippen LogP contribution in [0.15, 0.2) is 53.9 Å². The zero-order valence-electron chi connectivity index (χ0n) is 13.8. The highest BCUT2D eigenvalue weighted by molar-refractivity contribution is 7.28. The van der Waals surface area contributed by atoms with Crippen molar-refractivity contribution in [1.82, 2.24) is 0 Å². The molecule has 122 valence electrons. The Morgan fingerprint density at radius 3 is 1.54 bits per heavy atom. The van der Waals surface area contributed by atoms with E-state index in [4.69, 9.17) is 0 Å². The van der Waals surface area contributed by atoms with Gasteiger partial charge in [0.25, 0.3) is 0 Å². The molecule has 0 bridgehead atoms. The summed E-state index contributed by atoms with van der Waals surface area (Å²) in [5, 5.41) is 2.14. The van der Waals surface area contributed by atoms with Gasteiger partial charge in [-0.1, -0.05) is 26.8 Å². The van der Waals surface area contributed by atoms with Crippen molar-refractivity contribution in [3.8, 4) is 29.3 Å². The van der Waals surface area contributed by atoms with Gasteiger partial charge in [0.2, 0.25) is 0 Å². The summed E-state index contributed by atoms with van der Waals surface area (Å²) in [7, 11) is 0. The average molecular weight is 387 g/mol. The van der Waals surface area contributed by atoms with Crippen LogP contribution >= 0.6 is 45.3 Å². The summed E-state index contributed by atoms with van der Waals surface area (Å²) in [6.45, 7) is 6.83. The van der Waals surface area contributed by atoms with E-state index in [1.807, 2.05) is 45.3 Å². The fourth-order valence-electron chi connectivity index (χ4n) is 2.50. The van der Waals surface area contributed by atoms with Gasteiger partial charge in [0.1, 0.15) is 0 Å². The molecule has 0 spiro atoms. The molecule has 4 heterocycles. The van der Waals surface area contributed by atoms with Crippen molar-refractivity contribution >= 4 is 45.3 Å². The van der Waals surface area contributed by atoms with Crippen LogP contribution in [0.3, 0.4) is 0 Å². The second-order valence-electron chi connectivity index (χ2n) is 6.72. The molecule has 0 aliphatic carbocycles. The predicted octanol–water partition coefficient (Wildman–Crippen LogP) is 8.23. The smallest absolute Gasteiger partial charge is 0.0449 e. The molecule has 0 aliphatic rings. The third-order valence-corrected chi connectivity index (χ3v) is 8.95. The second kappa shape index (κ2) is 6.26. The lowest BCUT2D eigenvalue weighted by molar-refractivity contribution is 0.604. The van der Waals surface area contributed by atoms with E-state index in [1.165, 1.54) is 34.1 Å². The second-order valence-corrected chi connectivity index (χ2v) is 10.9. The maximum atomic E-state index is 2.28. The lowest BCUT2D eigenvalue weighted by Crippen LogP contribution is -2.07. The minimum absolute atomic E-state index is 0.229. The van der Waals surface area contributed by atoms with E-state index in [0.717, 1.165) is 0 Å². The molecule has 0 radical (unpaired) electrons. The van der Waals surface area contributed by atoms with Crippen LogP contribution in [0.5, 0.6) is 0 Å². The van der Waals surface area contributed by atoms with Crippen LogP contribution in [0.4, 0.5) is 0 Å². The van der Waals surface area contributed by atoms with Crippen molar-refractivity contribution in [2.24, 2.45) is 0 Å². The maximum absolute atomic E-state index is 2.28. The first-order valence-electron chi connectivity index (χ1n) is 7.85. The summed E-state index contributed by atoms with van der Waals surface area (Å²) in [5.74, 6) is 0. The number of hydrogen-bond acceptors (Lipinski definition) is 4. The minimum Gasteiger partial charge on any atom is -0.143 e. The normalized spacial score (nSPS) is 12.0. The van der Waals surface area contributed by atoms with Crippen LogP contribution in [0, 0.1) is 0 Å². The molecule has 0 aliphatic heterocycles. The molecule has 0 fully saturated rings. The van der Waals surface area contributed by atoms with Gasteiger partial charge < -0.3 is 0 Å². The molecule has 0 N–H and O–H groups in total. The van der Waals surface area contributed by atoms with Crippen LogP contribution in [0.25, 0.3) is 29.3 Å². The Morgan fingerprint density at radius 1 is 0.583 bits per heavy atom. The number of thiophene rings is 4. The van der Waals surface area contributed by atoms with Gasteiger partial charge in [-0.15, -0.1) is 45.3 Å². The quantitative estimate of drug-likeness (QED) is 0.332. The zero-order valence-corrected chi connectivity index (χ0v) is 17.1. The Kier molecular flexibility index (Phi) is 4.25. The SMILES string of the molecule is CC(C)(C)c1ccc(-c2ccc(-c3ccc(-c4cccs4)s3)s2)s1. The first kappa shape index (κ1) is 16.3. The largest absolute Gasteiger partial charge is 0.143 e. The molecule has 0 amide bonds. The molecule has 4 heteroatoms. The topological polar surface area (TPSA) is 0 Å². The van der Waals surface area contributed by atoms with E-state index < -0.39 is 0 Å². The Hall–Kier alpha value is -1.20. The van der Waals surface area contributed by atoms with E-state index in [2.05, 4.69) is 74.7 Å². The van der Waals surface area contributed by atoms with Crippen LogP contribution in [-0.4, -0.2) is 0 Å². The molecule has 0 atom stereocenters. The standard InChI is InChI=1S/C20H18S4/c1-20(2,3)19-11-10-18(24-19)17-9-8-16(23-17)15-7-6-14(22-15)13-5-4-12-21-13/h4-12H,1-3H3. The Morgan fingerprint density at radius 2 is 1.08 bits per heavy atom. The fraction of sp³-hybridized carbons (Fsp3) is 0.200. The van der Waals surface area contributed by atoms with Gasteiger partial charge in [-0.3, -0.25) is 0 Å². The highest BCUT2D eigenvalue weighted by atomic mass is 32.1. The lowest BCUT2D eigenvalue weighted by Gasteiger charge is -2.15. The summed E-state index contributed by atoms with van der Waals surface area (Å²) in [6.07, 6.45) is 0. The highest BCUT2D eigenvalue weighted by Gasteiger charge is 2.17. The van der Waals surface area contributed by atoms with E-state index in [-0.39, 0.29) is 5.41 Å². The van der Waals surface area contributed by atoms with Crippen LogP contribution < -0.4 is 0 Å². The molecule has 4 aromatic heterocycles. The van der Waals surface area contributed by atoms with Crippen molar-refractivity contribution in [1.29, 1.82) is 0 Å². The summed E-state index contributed by atoms with van der Waals surface area (Å²) >= 11 is 7.51. The predicted molar refractivity (Wildman–Crippen MR) is 113 cm³/mol. The number of hydrogen-bond donors (Lipinski definition) is 0. The van der Waals surface area contributed by atoms with Crippen molar-refractivity contribution in [2.75, 3.05) is 0 Å². The van der Waals surface area contributed by atoms with Crippen molar-refractivity contribution in [2.45, 2.75) is 26.2 Å². The van der Waals surface area contributed by atoms with Crippen LogP contribution in [0.1, 0.15) is 25.6 Å². The monoisotopic (exact) mass is 386 g/mol. The summed E-state index contributed by atoms with van der Waals surface area (Å²) < 4.78 is 0. The van der Waals surface area contributed by atoms with Gasteiger partial charge >= 0.3 is 0 Å². The summed E-state index contributed by atoms with van der Waals surface area (Å²) in [4.78, 5) is 9.65. The lowest BCUT2D eigenvalue weighted by atomic mass is 9.95. The van der Waals surface area contributed by atoms with E-state index in [1.54, 1.807) is 0 Å². The van der Waals surface area contributed by atoms with Crippen LogP contribution in [0.2, 0.25) is 0 Å². The molecular weight excluding hydrogens is 368 g/mol. The maximum Gasteiger partial charge on any atom is 0.0449 e. The van der Waals surface area contributed by atoms with Gasteiger partial charge in [-0.25, -0.2) is 0 Å². The zero-order chi connectivity index (χ0) is 16.7. The third kappa shape index (κ3) is 3.16. The number of rotatable bonds is 3. The Bertz CT molecular complexity index is 942. The summed E-state index contributed by atoms with van der Waals surface area (Å²) in [6, 6.07) is 17.9. The molecule has 0 aromatic carbocycles. The molecule has 0 saturated heterocycles. The van der Waals surface area contributed by atoms with Gasteiger partial charge in [0, 0.05) is 34.1 Å². The van der Waals surface area contributed by atoms with Gasteiger partial charge in [-0.05, 0) is 53.3 Å². The first-order valence-corrected chi connectivity index (χ1v) is 11.2. The molecule has 0 saturated carbocycles. The van der Waals surface area contributed by atoms with E-state index >= 15 is 0 Å². The van der Waals surface area contributed by atoms with Gasteiger partial charge in [-0.2, -0.15) is 0 Å². The van der Waals surface area contributed by atoms with Crippen molar-refractivity contribution in [3.05, 3.63) is 58.8 Å². The first-order chi connectivity index (χ1) is 11.5. The summed E-state index contributed by atoms with van der Waals surface area (Å²) in [5.41, 5.74) is 0.229. The molecule has 4 aromatic rings. The molecule has 0 nitrogen and oxygen atoms in total. The fourth-order valence-corrected chi connectivity index (χ4v) is 6.59. The van der Waals surface area contributed by atoms with Gasteiger partial charge in [0.05, 0.1) is 0 Å². The third-order valence-electron chi connectivity index (χ3n) is 3.81. The van der Waals surface area contributed by atoms with E-state index in [0.29, 0.717) is 0 Å². The van der Waals surface area contributed by atoms with Crippen LogP contribution in [-0.2, 0) is 5.41 Å². The van der Waals surface area contributed by atoms with E-state index in [9.17, 15) is 0 Å². The molecule has 24 heavy (non-hydrogen) atoms. The van der Waals surface area contributed by atoms with Crippen molar-refractivity contribution in [3.63, 3.8) is 0 Å². The molecule has 0 unspecified atom stereocenters.